The van der Waals surface area contributed by atoms with E-state index in [9.17, 15) is 4.79 Å². The summed E-state index contributed by atoms with van der Waals surface area (Å²) in [6, 6.07) is 6.38. The van der Waals surface area contributed by atoms with Crippen molar-refractivity contribution in [1.82, 2.24) is 0 Å². The number of carbonyl (C=O) groups is 1. The molecule has 0 radical (unpaired) electrons. The number of carboxylic acid groups (broad SMARTS) is 1. The Balaban J connectivity index is 3.15. The van der Waals surface area contributed by atoms with Crippen molar-refractivity contribution < 1.29 is 14.6 Å². The summed E-state index contributed by atoms with van der Waals surface area (Å²) in [5, 5.41) is 8.80. The molecule has 110 valence electrons. The molecular weight excluding hydrogens is 254 g/mol. The third-order valence-electron chi connectivity index (χ3n) is 3.06. The van der Waals surface area contributed by atoms with Crippen molar-refractivity contribution in [2.24, 2.45) is 0 Å². The normalized spacial score (nSPS) is 11.2. The van der Waals surface area contributed by atoms with Crippen LogP contribution in [0.4, 0.5) is 5.69 Å². The first-order valence-corrected chi connectivity index (χ1v) is 6.73. The molecule has 0 aliphatic carbocycles. The lowest BCUT2D eigenvalue weighted by Gasteiger charge is -2.30. The van der Waals surface area contributed by atoms with E-state index in [0.29, 0.717) is 12.6 Å². The standard InChI is InChI=1S/C16H23NO3/c1-12(2)17(9-10-20-4)15-7-5-13(3)11-14(15)6-8-16(18)19/h5-8,11-12H,9-10H2,1-4H3,(H,18,19)/b8-6+. The third-order valence-corrected chi connectivity index (χ3v) is 3.06. The number of methoxy groups -OCH3 is 1. The Hall–Kier alpha value is -1.81. The van der Waals surface area contributed by atoms with Crippen LogP contribution in [0.15, 0.2) is 24.3 Å². The average Bonchev–Trinajstić information content (AvgIpc) is 2.38. The predicted molar refractivity (Wildman–Crippen MR) is 82.2 cm³/mol. The van der Waals surface area contributed by atoms with Crippen molar-refractivity contribution in [2.75, 3.05) is 25.2 Å². The second kappa shape index (κ2) is 7.70. The summed E-state index contributed by atoms with van der Waals surface area (Å²) < 4.78 is 5.15. The van der Waals surface area contributed by atoms with Crippen LogP contribution < -0.4 is 4.90 Å². The fraction of sp³-hybridized carbons (Fsp3) is 0.438. The Morgan fingerprint density at radius 2 is 2.15 bits per heavy atom. The maximum atomic E-state index is 10.7. The number of nitrogens with zero attached hydrogens (tertiary/aromatic N) is 1. The molecule has 0 bridgehead atoms. The summed E-state index contributed by atoms with van der Waals surface area (Å²) in [5.74, 6) is -0.939. The summed E-state index contributed by atoms with van der Waals surface area (Å²) in [6.45, 7) is 7.62. The number of ether oxygens (including phenoxy) is 1. The smallest absolute Gasteiger partial charge is 0.328 e. The first-order chi connectivity index (χ1) is 9.45. The molecule has 0 spiro atoms. The number of hydrogen-bond acceptors (Lipinski definition) is 3. The van der Waals surface area contributed by atoms with E-state index in [0.717, 1.165) is 23.4 Å². The molecule has 0 atom stereocenters. The monoisotopic (exact) mass is 277 g/mol. The number of aryl methyl sites for hydroxylation is 1. The molecule has 20 heavy (non-hydrogen) atoms. The average molecular weight is 277 g/mol. The molecule has 0 aromatic heterocycles. The molecule has 0 heterocycles. The largest absolute Gasteiger partial charge is 0.478 e. The Morgan fingerprint density at radius 1 is 1.45 bits per heavy atom. The van der Waals surface area contributed by atoms with Crippen LogP contribution in [0.2, 0.25) is 0 Å². The molecule has 1 rings (SSSR count). The van der Waals surface area contributed by atoms with E-state index in [2.05, 4.69) is 18.7 Å². The second-order valence-corrected chi connectivity index (χ2v) is 5.01. The van der Waals surface area contributed by atoms with E-state index in [-0.39, 0.29) is 0 Å². The first-order valence-electron chi connectivity index (χ1n) is 6.73. The Morgan fingerprint density at radius 3 is 2.70 bits per heavy atom. The molecule has 4 nitrogen and oxygen atoms in total. The summed E-state index contributed by atoms with van der Waals surface area (Å²) in [7, 11) is 1.68. The highest BCUT2D eigenvalue weighted by molar-refractivity contribution is 5.87. The van der Waals surface area contributed by atoms with Crippen LogP contribution in [-0.2, 0) is 9.53 Å². The zero-order valence-corrected chi connectivity index (χ0v) is 12.6. The number of hydrogen-bond donors (Lipinski definition) is 1. The van der Waals surface area contributed by atoms with Crippen LogP contribution in [-0.4, -0.2) is 37.4 Å². The quantitative estimate of drug-likeness (QED) is 0.778. The van der Waals surface area contributed by atoms with Crippen LogP contribution in [0.3, 0.4) is 0 Å². The first kappa shape index (κ1) is 16.2. The van der Waals surface area contributed by atoms with Crippen molar-refractivity contribution in [3.8, 4) is 0 Å². The highest BCUT2D eigenvalue weighted by Gasteiger charge is 2.13. The van der Waals surface area contributed by atoms with Crippen molar-refractivity contribution in [2.45, 2.75) is 26.8 Å². The van der Waals surface area contributed by atoms with Gasteiger partial charge in [0, 0.05) is 31.5 Å². The third kappa shape index (κ3) is 4.70. The minimum Gasteiger partial charge on any atom is -0.478 e. The lowest BCUT2D eigenvalue weighted by molar-refractivity contribution is -0.131. The zero-order valence-electron chi connectivity index (χ0n) is 12.6. The highest BCUT2D eigenvalue weighted by Crippen LogP contribution is 2.25. The van der Waals surface area contributed by atoms with Gasteiger partial charge < -0.3 is 14.7 Å². The molecule has 1 aromatic carbocycles. The molecule has 0 aliphatic heterocycles. The van der Waals surface area contributed by atoms with Gasteiger partial charge in [-0.3, -0.25) is 0 Å². The van der Waals surface area contributed by atoms with E-state index in [1.807, 2.05) is 25.1 Å². The molecule has 1 aromatic rings. The van der Waals surface area contributed by atoms with Gasteiger partial charge in [0.05, 0.1) is 6.61 Å². The molecule has 1 N–H and O–H groups in total. The summed E-state index contributed by atoms with van der Waals surface area (Å²) in [6.07, 6.45) is 2.82. The zero-order chi connectivity index (χ0) is 15.1. The Kier molecular flexibility index (Phi) is 6.25. The van der Waals surface area contributed by atoms with Gasteiger partial charge in [-0.05, 0) is 44.5 Å². The SMILES string of the molecule is COCCN(c1ccc(C)cc1/C=C/C(=O)O)C(C)C. The minimum atomic E-state index is -0.939. The van der Waals surface area contributed by atoms with Crippen LogP contribution >= 0.6 is 0 Å². The van der Waals surface area contributed by atoms with E-state index in [4.69, 9.17) is 9.84 Å². The molecule has 0 unspecified atom stereocenters. The lowest BCUT2D eigenvalue weighted by Crippen LogP contribution is -2.34. The van der Waals surface area contributed by atoms with Gasteiger partial charge in [-0.25, -0.2) is 4.79 Å². The van der Waals surface area contributed by atoms with Gasteiger partial charge in [0.15, 0.2) is 0 Å². The van der Waals surface area contributed by atoms with E-state index in [1.165, 1.54) is 6.08 Å². The molecular formula is C16H23NO3. The number of rotatable bonds is 7. The summed E-state index contributed by atoms with van der Waals surface area (Å²) >= 11 is 0. The van der Waals surface area contributed by atoms with Crippen LogP contribution in [0.5, 0.6) is 0 Å². The number of aliphatic carboxylic acids is 1. The van der Waals surface area contributed by atoms with Gasteiger partial charge in [-0.1, -0.05) is 11.6 Å². The van der Waals surface area contributed by atoms with Crippen LogP contribution in [0, 0.1) is 6.92 Å². The lowest BCUT2D eigenvalue weighted by atomic mass is 10.1. The van der Waals surface area contributed by atoms with Gasteiger partial charge >= 0.3 is 5.97 Å². The van der Waals surface area contributed by atoms with E-state index < -0.39 is 5.97 Å². The Bertz CT molecular complexity index is 481. The van der Waals surface area contributed by atoms with Crippen LogP contribution in [0.25, 0.3) is 6.08 Å². The predicted octanol–water partition coefficient (Wildman–Crippen LogP) is 2.95. The van der Waals surface area contributed by atoms with E-state index in [1.54, 1.807) is 13.2 Å². The molecule has 0 aliphatic rings. The second-order valence-electron chi connectivity index (χ2n) is 5.01. The fourth-order valence-corrected chi connectivity index (χ4v) is 2.08. The highest BCUT2D eigenvalue weighted by atomic mass is 16.5. The minimum absolute atomic E-state index is 0.310. The number of benzene rings is 1. The maximum Gasteiger partial charge on any atom is 0.328 e. The van der Waals surface area contributed by atoms with Gasteiger partial charge in [0.1, 0.15) is 0 Å². The summed E-state index contributed by atoms with van der Waals surface area (Å²) in [4.78, 5) is 12.9. The van der Waals surface area contributed by atoms with Crippen molar-refractivity contribution in [1.29, 1.82) is 0 Å². The Labute approximate surface area is 120 Å². The summed E-state index contributed by atoms with van der Waals surface area (Å²) in [5.41, 5.74) is 3.05. The van der Waals surface area contributed by atoms with E-state index >= 15 is 0 Å². The van der Waals surface area contributed by atoms with Gasteiger partial charge in [0.2, 0.25) is 0 Å². The maximum absolute atomic E-state index is 10.7. The van der Waals surface area contributed by atoms with Gasteiger partial charge in [-0.2, -0.15) is 0 Å². The molecule has 4 heteroatoms. The molecule has 0 amide bonds. The molecule has 0 fully saturated rings. The van der Waals surface area contributed by atoms with Gasteiger partial charge in [-0.15, -0.1) is 0 Å². The number of carboxylic acids is 1. The van der Waals surface area contributed by atoms with Crippen LogP contribution in [0.1, 0.15) is 25.0 Å². The topological polar surface area (TPSA) is 49.8 Å². The van der Waals surface area contributed by atoms with Crippen molar-refractivity contribution >= 4 is 17.7 Å². The number of anilines is 1. The van der Waals surface area contributed by atoms with Crippen molar-refractivity contribution in [3.05, 3.63) is 35.4 Å². The molecule has 0 saturated carbocycles. The molecule has 0 saturated heterocycles. The van der Waals surface area contributed by atoms with Gasteiger partial charge in [0.25, 0.3) is 0 Å². The fourth-order valence-electron chi connectivity index (χ4n) is 2.08. The van der Waals surface area contributed by atoms with Crippen molar-refractivity contribution in [3.63, 3.8) is 0 Å².